The van der Waals surface area contributed by atoms with Crippen LogP contribution in [0.4, 0.5) is 5.69 Å². The molecule has 5 heteroatoms. The van der Waals surface area contributed by atoms with E-state index in [1.54, 1.807) is 0 Å². The fourth-order valence-corrected chi connectivity index (χ4v) is 2.46. The third kappa shape index (κ3) is 4.37. The normalized spacial score (nSPS) is 12.0. The zero-order valence-corrected chi connectivity index (χ0v) is 13.1. The first-order valence-corrected chi connectivity index (χ1v) is 7.16. The average molecular weight is 284 g/mol. The molecule has 0 aliphatic carbocycles. The molecule has 0 amide bonds. The fourth-order valence-electron chi connectivity index (χ4n) is 1.95. The Labute approximate surface area is 120 Å². The van der Waals surface area contributed by atoms with Gasteiger partial charge in [-0.1, -0.05) is 39.9 Å². The van der Waals surface area contributed by atoms with E-state index in [9.17, 15) is 4.79 Å². The van der Waals surface area contributed by atoms with Crippen LogP contribution < -0.4 is 16.1 Å². The molecule has 0 saturated heterocycles. The highest BCUT2D eigenvalue weighted by molar-refractivity contribution is 7.71. The van der Waals surface area contributed by atoms with Crippen LogP contribution in [-0.2, 0) is 10.2 Å². The van der Waals surface area contributed by atoms with Gasteiger partial charge in [0.25, 0.3) is 0 Å². The first kappa shape index (κ1) is 16.3. The molecule has 2 N–H and O–H groups in total. The Bertz CT molecular complexity index is 470. The quantitative estimate of drug-likeness (QED) is 0.565. The third-order valence-electron chi connectivity index (χ3n) is 2.88. The van der Waals surface area contributed by atoms with E-state index in [2.05, 4.69) is 38.3 Å². The van der Waals surface area contributed by atoms with Gasteiger partial charge >= 0.3 is 0 Å². The lowest BCUT2D eigenvalue weighted by Crippen LogP contribution is -2.30. The topological polar surface area (TPSA) is 50.4 Å². The molecule has 0 aromatic heterocycles. The molecule has 19 heavy (non-hydrogen) atoms. The Morgan fingerprint density at radius 3 is 2.42 bits per heavy atom. The molecule has 0 aliphatic heterocycles. The second-order valence-corrected chi connectivity index (χ2v) is 5.96. The maximum atomic E-state index is 11.7. The summed E-state index contributed by atoms with van der Waals surface area (Å²) in [7, 11) is 0. The summed E-state index contributed by atoms with van der Waals surface area (Å²) in [5.41, 5.74) is 1.53. The van der Waals surface area contributed by atoms with E-state index >= 15 is 0 Å². The van der Waals surface area contributed by atoms with Gasteiger partial charge in [-0.15, -0.1) is 0 Å². The molecule has 0 spiro atoms. The highest BCUT2D eigenvalue weighted by Gasteiger charge is 2.27. The van der Waals surface area contributed by atoms with Crippen molar-refractivity contribution in [2.45, 2.75) is 33.1 Å². The zero-order valence-electron chi connectivity index (χ0n) is 12.3. The van der Waals surface area contributed by atoms with E-state index in [1.165, 1.54) is 0 Å². The molecule has 0 aliphatic rings. The van der Waals surface area contributed by atoms with Crippen molar-refractivity contribution < 1.29 is 4.74 Å². The van der Waals surface area contributed by atoms with Crippen LogP contribution in [0.1, 0.15) is 33.3 Å². The minimum Gasteiger partial charge on any atom is -0.379 e. The molecule has 1 rings (SSSR count). The molecular weight excluding hydrogens is 260 g/mol. The Hall–Kier alpha value is -0.780. The third-order valence-corrected chi connectivity index (χ3v) is 3.27. The molecule has 0 unspecified atom stereocenters. The van der Waals surface area contributed by atoms with Crippen molar-refractivity contribution in [3.63, 3.8) is 0 Å². The van der Waals surface area contributed by atoms with Crippen LogP contribution in [0.2, 0.25) is 0 Å². The number of rotatable bonds is 8. The van der Waals surface area contributed by atoms with Crippen LogP contribution in [0.3, 0.4) is 0 Å². The van der Waals surface area contributed by atoms with Gasteiger partial charge in [0.15, 0.2) is 0 Å². The first-order valence-electron chi connectivity index (χ1n) is 6.75. The van der Waals surface area contributed by atoms with Gasteiger partial charge in [0.1, 0.15) is 0 Å². The first-order chi connectivity index (χ1) is 8.89. The molecule has 0 radical (unpaired) electrons. The summed E-state index contributed by atoms with van der Waals surface area (Å²) in [6.45, 7) is 12.0. The van der Waals surface area contributed by atoms with Crippen molar-refractivity contribution in [2.75, 3.05) is 38.2 Å². The summed E-state index contributed by atoms with van der Waals surface area (Å²) in [5, 5.41) is 6.33. The lowest BCUT2D eigenvalue weighted by molar-refractivity contribution is 0.146. The highest BCUT2D eigenvalue weighted by atomic mass is 32.1. The van der Waals surface area contributed by atoms with Gasteiger partial charge in [0, 0.05) is 18.7 Å². The zero-order chi connectivity index (χ0) is 14.5. The van der Waals surface area contributed by atoms with Crippen molar-refractivity contribution in [1.82, 2.24) is 5.32 Å². The Morgan fingerprint density at radius 2 is 1.84 bits per heavy atom. The molecule has 1 aromatic rings. The van der Waals surface area contributed by atoms with Gasteiger partial charge in [0.2, 0.25) is 5.43 Å². The highest BCUT2D eigenvalue weighted by Crippen LogP contribution is 2.30. The van der Waals surface area contributed by atoms with Crippen molar-refractivity contribution in [1.29, 1.82) is 0 Å². The van der Waals surface area contributed by atoms with Crippen molar-refractivity contribution >= 4 is 17.9 Å². The Morgan fingerprint density at radius 1 is 1.21 bits per heavy atom. The number of ether oxygens (including phenoxy) is 1. The molecule has 0 saturated carbocycles. The van der Waals surface area contributed by atoms with Gasteiger partial charge in [0.05, 0.1) is 23.4 Å². The van der Waals surface area contributed by atoms with Crippen molar-refractivity contribution in [3.05, 3.63) is 20.3 Å². The van der Waals surface area contributed by atoms with Crippen LogP contribution in [0, 0.1) is 4.51 Å². The van der Waals surface area contributed by atoms with E-state index in [4.69, 9.17) is 17.0 Å². The molecule has 4 nitrogen and oxygen atoms in total. The van der Waals surface area contributed by atoms with E-state index in [-0.39, 0.29) is 10.8 Å². The number of hydrogen-bond donors (Lipinski definition) is 2. The van der Waals surface area contributed by atoms with Crippen molar-refractivity contribution in [3.8, 4) is 0 Å². The van der Waals surface area contributed by atoms with E-state index in [1.807, 2.05) is 0 Å². The summed E-state index contributed by atoms with van der Waals surface area (Å²) in [6.07, 6.45) is 0. The largest absolute Gasteiger partial charge is 0.379 e. The second-order valence-electron chi connectivity index (χ2n) is 5.55. The van der Waals surface area contributed by atoms with Crippen LogP contribution >= 0.6 is 12.2 Å². The average Bonchev–Trinajstić information content (AvgIpc) is 2.33. The molecular formula is C14H24N2O2S. The maximum Gasteiger partial charge on any atom is 0.220 e. The number of nitrogens with one attached hydrogen (secondary N) is 2. The molecule has 0 heterocycles. The maximum absolute atomic E-state index is 11.7. The van der Waals surface area contributed by atoms with E-state index in [0.29, 0.717) is 30.0 Å². The number of likely N-dealkylation sites (N-methyl/N-ethyl adjacent to an activating group) is 1. The van der Waals surface area contributed by atoms with Gasteiger partial charge in [-0.2, -0.15) is 0 Å². The molecule has 0 atom stereocenters. The van der Waals surface area contributed by atoms with Gasteiger partial charge in [-0.25, -0.2) is 0 Å². The molecule has 1 aromatic carbocycles. The number of anilines is 1. The van der Waals surface area contributed by atoms with Gasteiger partial charge < -0.3 is 15.4 Å². The Balaban J connectivity index is 2.37. The lowest BCUT2D eigenvalue weighted by atomic mass is 9.83. The summed E-state index contributed by atoms with van der Waals surface area (Å²) in [5.74, 6) is 0. The van der Waals surface area contributed by atoms with E-state index < -0.39 is 0 Å². The van der Waals surface area contributed by atoms with Crippen LogP contribution in [0.15, 0.2) is 4.79 Å². The number of hydrogen-bond acceptors (Lipinski definition) is 5. The summed E-state index contributed by atoms with van der Waals surface area (Å²) in [4.78, 5) is 11.7. The summed E-state index contributed by atoms with van der Waals surface area (Å²) in [6, 6.07) is 0. The predicted octanol–water partition coefficient (Wildman–Crippen LogP) is 1.99. The SMILES string of the molecule is CCNCCOCCNc1c(C(C)(C)C)c(=S)c1=O. The van der Waals surface area contributed by atoms with Gasteiger partial charge in [-0.3, -0.25) is 4.79 Å². The minimum absolute atomic E-state index is 0.0347. The van der Waals surface area contributed by atoms with Gasteiger partial charge in [-0.05, 0) is 12.0 Å². The van der Waals surface area contributed by atoms with Crippen molar-refractivity contribution in [2.24, 2.45) is 0 Å². The lowest BCUT2D eigenvalue weighted by Gasteiger charge is -2.25. The molecule has 108 valence electrons. The second kappa shape index (κ2) is 7.12. The smallest absolute Gasteiger partial charge is 0.220 e. The van der Waals surface area contributed by atoms with Crippen LogP contribution in [0.25, 0.3) is 0 Å². The molecule has 0 bridgehead atoms. The monoisotopic (exact) mass is 284 g/mol. The predicted molar refractivity (Wildman–Crippen MR) is 82.5 cm³/mol. The van der Waals surface area contributed by atoms with Crippen LogP contribution in [0.5, 0.6) is 0 Å². The fraction of sp³-hybridized carbons (Fsp3) is 0.714. The Kier molecular flexibility index (Phi) is 6.10. The van der Waals surface area contributed by atoms with Crippen LogP contribution in [-0.4, -0.2) is 32.8 Å². The molecule has 0 fully saturated rings. The summed E-state index contributed by atoms with van der Waals surface area (Å²) >= 11 is 5.12. The minimum atomic E-state index is -0.0841. The van der Waals surface area contributed by atoms with E-state index in [0.717, 1.165) is 18.7 Å². The summed E-state index contributed by atoms with van der Waals surface area (Å²) < 4.78 is 5.92. The standard InChI is InChI=1S/C14H24N2O2S/c1-5-15-6-8-18-9-7-16-11-10(14(2,3)4)13(19)12(11)17/h15-16H,5-9H2,1-4H3.